The number of nitrogens with one attached hydrogen (secondary N) is 1. The first kappa shape index (κ1) is 20.4. The van der Waals surface area contributed by atoms with Crippen LogP contribution in [0.15, 0.2) is 77.3 Å². The summed E-state index contributed by atoms with van der Waals surface area (Å²) >= 11 is 3.30. The number of aryl methyl sites for hydroxylation is 1. The van der Waals surface area contributed by atoms with Crippen LogP contribution in [0.1, 0.15) is 26.6 Å². The highest BCUT2D eigenvalue weighted by Gasteiger charge is 2.12. The van der Waals surface area contributed by atoms with Crippen LogP contribution < -0.4 is 5.32 Å². The number of carbonyl (C=O) groups excluding carboxylic acids is 1. The summed E-state index contributed by atoms with van der Waals surface area (Å²) in [4.78, 5) is 18.2. The molecule has 0 atom stereocenters. The van der Waals surface area contributed by atoms with Gasteiger partial charge >= 0.3 is 0 Å². The van der Waals surface area contributed by atoms with E-state index in [1.54, 1.807) is 29.3 Å². The third-order valence-corrected chi connectivity index (χ3v) is 6.51. The minimum Gasteiger partial charge on any atom is -0.352 e. The monoisotopic (exact) mass is 434 g/mol. The van der Waals surface area contributed by atoms with Crippen LogP contribution in [-0.4, -0.2) is 27.2 Å². The lowest BCUT2D eigenvalue weighted by molar-refractivity contribution is 0.0951. The average molecular weight is 435 g/mol. The highest BCUT2D eigenvalue weighted by molar-refractivity contribution is 7.98. The number of amides is 1. The molecule has 2 aromatic heterocycles. The van der Waals surface area contributed by atoms with E-state index < -0.39 is 0 Å². The number of nitrogens with zero attached hydrogens (tertiary/aromatic N) is 3. The van der Waals surface area contributed by atoms with Crippen LogP contribution in [0.2, 0.25) is 0 Å². The van der Waals surface area contributed by atoms with Gasteiger partial charge in [0.2, 0.25) is 0 Å². The van der Waals surface area contributed by atoms with Crippen molar-refractivity contribution in [3.63, 3.8) is 0 Å². The third kappa shape index (κ3) is 5.17. The lowest BCUT2D eigenvalue weighted by atomic mass is 10.1. The van der Waals surface area contributed by atoms with Gasteiger partial charge in [-0.1, -0.05) is 24.3 Å². The quantitative estimate of drug-likeness (QED) is 0.401. The second kappa shape index (κ2) is 9.73. The van der Waals surface area contributed by atoms with Crippen molar-refractivity contribution >= 4 is 29.0 Å². The molecule has 0 bridgehead atoms. The minimum absolute atomic E-state index is 0.0410. The van der Waals surface area contributed by atoms with Gasteiger partial charge in [0.05, 0.1) is 22.0 Å². The molecule has 0 spiro atoms. The number of aromatic nitrogens is 3. The molecule has 0 aliphatic carbocycles. The molecule has 2 aromatic carbocycles. The van der Waals surface area contributed by atoms with Crippen LogP contribution in [0.3, 0.4) is 0 Å². The second-order valence-electron chi connectivity index (χ2n) is 6.77. The first-order valence-electron chi connectivity index (χ1n) is 9.69. The second-order valence-corrected chi connectivity index (χ2v) is 8.85. The molecular formula is C23H22N4OS2. The van der Waals surface area contributed by atoms with E-state index in [2.05, 4.69) is 32.9 Å². The Balaban J connectivity index is 1.32. The molecule has 0 aliphatic heterocycles. The van der Waals surface area contributed by atoms with Crippen LogP contribution in [-0.2, 0) is 12.2 Å². The number of carbonyl (C=O) groups is 1. The number of thioether (sulfide) groups is 1. The normalized spacial score (nSPS) is 10.8. The summed E-state index contributed by atoms with van der Waals surface area (Å²) in [5.74, 6) is 0.720. The molecule has 1 N–H and O–H groups in total. The Hall–Kier alpha value is -2.90. The topological polar surface area (TPSA) is 59.8 Å². The molecule has 5 nitrogen and oxygen atoms in total. The third-order valence-electron chi connectivity index (χ3n) is 4.58. The van der Waals surface area contributed by atoms with Gasteiger partial charge in [-0.2, -0.15) is 5.10 Å². The molecule has 0 saturated heterocycles. The van der Waals surface area contributed by atoms with Gasteiger partial charge in [-0.05, 0) is 49.2 Å². The van der Waals surface area contributed by atoms with Crippen molar-refractivity contribution in [3.05, 3.63) is 94.2 Å². The Kier molecular flexibility index (Phi) is 6.61. The van der Waals surface area contributed by atoms with Gasteiger partial charge in [0, 0.05) is 35.0 Å². The van der Waals surface area contributed by atoms with Crippen molar-refractivity contribution < 1.29 is 4.79 Å². The highest BCUT2D eigenvalue weighted by Crippen LogP contribution is 2.26. The van der Waals surface area contributed by atoms with Crippen molar-refractivity contribution in [2.75, 3.05) is 6.54 Å². The van der Waals surface area contributed by atoms with Gasteiger partial charge in [0.15, 0.2) is 0 Å². The standard InChI is InChI=1S/C23H22N4OS2/c1-17-26-19(15-29-17)16-30-22-6-3-2-5-21(22)23(28)24-13-11-18-7-9-20(10-8-18)27-14-4-12-25-27/h2-10,12,14-15H,11,13,16H2,1H3,(H,24,28). The molecule has 30 heavy (non-hydrogen) atoms. The van der Waals surface area contributed by atoms with E-state index >= 15 is 0 Å². The zero-order valence-corrected chi connectivity index (χ0v) is 18.2. The number of rotatable bonds is 8. The van der Waals surface area contributed by atoms with Crippen molar-refractivity contribution in [3.8, 4) is 5.69 Å². The molecule has 1 amide bonds. The van der Waals surface area contributed by atoms with Crippen LogP contribution in [0, 0.1) is 6.92 Å². The summed E-state index contributed by atoms with van der Waals surface area (Å²) in [5.41, 5.74) is 3.96. The van der Waals surface area contributed by atoms with E-state index in [9.17, 15) is 4.79 Å². The van der Waals surface area contributed by atoms with Crippen LogP contribution in [0.4, 0.5) is 0 Å². The fourth-order valence-electron chi connectivity index (χ4n) is 3.06. The molecule has 2 heterocycles. The van der Waals surface area contributed by atoms with E-state index in [1.807, 2.05) is 60.3 Å². The maximum absolute atomic E-state index is 12.7. The van der Waals surface area contributed by atoms with Crippen LogP contribution >= 0.6 is 23.1 Å². The summed E-state index contributed by atoms with van der Waals surface area (Å²) in [6.45, 7) is 2.59. The highest BCUT2D eigenvalue weighted by atomic mass is 32.2. The van der Waals surface area contributed by atoms with Crippen LogP contribution in [0.5, 0.6) is 0 Å². The minimum atomic E-state index is -0.0410. The Morgan fingerprint density at radius 3 is 2.70 bits per heavy atom. The first-order valence-corrected chi connectivity index (χ1v) is 11.6. The SMILES string of the molecule is Cc1nc(CSc2ccccc2C(=O)NCCc2ccc(-n3cccn3)cc2)cs1. The maximum Gasteiger partial charge on any atom is 0.252 e. The molecule has 7 heteroatoms. The van der Waals surface area contributed by atoms with E-state index in [0.717, 1.165) is 33.5 Å². The Labute approximate surface area is 184 Å². The molecule has 0 radical (unpaired) electrons. The summed E-state index contributed by atoms with van der Waals surface area (Å²) in [6.07, 6.45) is 4.45. The first-order chi connectivity index (χ1) is 14.7. The molecule has 152 valence electrons. The van der Waals surface area contributed by atoms with Crippen molar-refractivity contribution in [1.29, 1.82) is 0 Å². The summed E-state index contributed by atoms with van der Waals surface area (Å²) in [5, 5.41) is 10.4. The summed E-state index contributed by atoms with van der Waals surface area (Å²) < 4.78 is 1.83. The fourth-order valence-corrected chi connectivity index (χ4v) is 4.72. The molecule has 4 aromatic rings. The molecule has 0 unspecified atom stereocenters. The van der Waals surface area contributed by atoms with E-state index in [-0.39, 0.29) is 5.91 Å². The molecule has 0 fully saturated rings. The van der Waals surface area contributed by atoms with Gasteiger partial charge in [0.1, 0.15) is 0 Å². The zero-order chi connectivity index (χ0) is 20.8. The van der Waals surface area contributed by atoms with Gasteiger partial charge < -0.3 is 5.32 Å². The average Bonchev–Trinajstić information content (AvgIpc) is 3.45. The van der Waals surface area contributed by atoms with E-state index in [4.69, 9.17) is 0 Å². The van der Waals surface area contributed by atoms with Gasteiger partial charge in [0.25, 0.3) is 5.91 Å². The van der Waals surface area contributed by atoms with Crippen molar-refractivity contribution in [2.45, 2.75) is 24.0 Å². The van der Waals surface area contributed by atoms with Crippen molar-refractivity contribution in [1.82, 2.24) is 20.1 Å². The molecule has 4 rings (SSSR count). The van der Waals surface area contributed by atoms with Crippen molar-refractivity contribution in [2.24, 2.45) is 0 Å². The van der Waals surface area contributed by atoms with Gasteiger partial charge in [-0.15, -0.1) is 23.1 Å². The lowest BCUT2D eigenvalue weighted by Crippen LogP contribution is -2.26. The Morgan fingerprint density at radius 2 is 1.97 bits per heavy atom. The number of benzene rings is 2. The number of hydrogen-bond acceptors (Lipinski definition) is 5. The predicted octanol–water partition coefficient (Wildman–Crippen LogP) is 4.90. The maximum atomic E-state index is 12.7. The molecular weight excluding hydrogens is 412 g/mol. The van der Waals surface area contributed by atoms with E-state index in [0.29, 0.717) is 12.1 Å². The van der Waals surface area contributed by atoms with Crippen LogP contribution in [0.25, 0.3) is 5.69 Å². The fraction of sp³-hybridized carbons (Fsp3) is 0.174. The Morgan fingerprint density at radius 1 is 1.13 bits per heavy atom. The summed E-state index contributed by atoms with van der Waals surface area (Å²) in [6, 6.07) is 17.9. The van der Waals surface area contributed by atoms with Gasteiger partial charge in [-0.25, -0.2) is 9.67 Å². The Bertz CT molecular complexity index is 1100. The molecule has 0 aliphatic rings. The number of hydrogen-bond donors (Lipinski definition) is 1. The largest absolute Gasteiger partial charge is 0.352 e. The van der Waals surface area contributed by atoms with Gasteiger partial charge in [-0.3, -0.25) is 4.79 Å². The summed E-state index contributed by atoms with van der Waals surface area (Å²) in [7, 11) is 0. The predicted molar refractivity (Wildman–Crippen MR) is 122 cm³/mol. The molecule has 0 saturated carbocycles. The van der Waals surface area contributed by atoms with E-state index in [1.165, 1.54) is 5.56 Å². The number of thiazole rings is 1. The lowest BCUT2D eigenvalue weighted by Gasteiger charge is -2.10. The smallest absolute Gasteiger partial charge is 0.252 e. The zero-order valence-electron chi connectivity index (χ0n) is 16.6.